The van der Waals surface area contributed by atoms with Crippen LogP contribution in [-0.2, 0) is 0 Å². The van der Waals surface area contributed by atoms with E-state index in [4.69, 9.17) is 0 Å². The first-order chi connectivity index (χ1) is 13.2. The first-order valence-corrected chi connectivity index (χ1v) is 8.29. The fraction of sp³-hybridized carbons (Fsp3) is 0. The van der Waals surface area contributed by atoms with Crippen molar-refractivity contribution in [1.29, 1.82) is 0 Å². The van der Waals surface area contributed by atoms with Crippen molar-refractivity contribution in [1.82, 2.24) is 24.1 Å². The quantitative estimate of drug-likeness (QED) is 0.487. The van der Waals surface area contributed by atoms with Gasteiger partial charge in [-0.15, -0.1) is 0 Å². The molecule has 0 amide bonds. The van der Waals surface area contributed by atoms with Crippen molar-refractivity contribution in [3.05, 3.63) is 89.4 Å². The molecule has 3 heterocycles. The van der Waals surface area contributed by atoms with E-state index >= 15 is 0 Å². The summed E-state index contributed by atoms with van der Waals surface area (Å²) < 4.78 is 16.3. The molecule has 0 N–H and O–H groups in total. The second-order valence-electron chi connectivity index (χ2n) is 6.03. The van der Waals surface area contributed by atoms with Crippen LogP contribution in [0.4, 0.5) is 4.39 Å². The molecule has 0 spiro atoms. The molecule has 0 aliphatic rings. The smallest absolute Gasteiger partial charge is 0.266 e. The maximum absolute atomic E-state index is 13.3. The van der Waals surface area contributed by atoms with E-state index in [1.165, 1.54) is 23.0 Å². The summed E-state index contributed by atoms with van der Waals surface area (Å²) in [6.45, 7) is 0. The molecule has 0 bridgehead atoms. The third-order valence-corrected chi connectivity index (χ3v) is 4.42. The summed E-state index contributed by atoms with van der Waals surface area (Å²) in [7, 11) is 0. The van der Waals surface area contributed by atoms with Gasteiger partial charge in [0.15, 0.2) is 0 Å². The summed E-state index contributed by atoms with van der Waals surface area (Å²) in [5.41, 5.74) is 2.28. The highest BCUT2D eigenvalue weighted by Crippen LogP contribution is 2.26. The van der Waals surface area contributed by atoms with Crippen molar-refractivity contribution in [2.24, 2.45) is 0 Å². The van der Waals surface area contributed by atoms with Crippen molar-refractivity contribution >= 4 is 16.7 Å². The molecule has 130 valence electrons. The molecule has 5 rings (SSSR count). The largest absolute Gasteiger partial charge is 0.284 e. The molecule has 2 aromatic carbocycles. The number of nitrogens with zero attached hydrogens (tertiary/aromatic N) is 5. The van der Waals surface area contributed by atoms with Crippen LogP contribution in [0.2, 0.25) is 0 Å². The van der Waals surface area contributed by atoms with Gasteiger partial charge in [-0.3, -0.25) is 9.36 Å². The molecule has 7 heteroatoms. The molecule has 0 radical (unpaired) electrons. The van der Waals surface area contributed by atoms with Gasteiger partial charge in [-0.1, -0.05) is 30.3 Å². The second kappa shape index (κ2) is 5.84. The number of rotatable bonds is 2. The lowest BCUT2D eigenvalue weighted by Gasteiger charge is -2.11. The topological polar surface area (TPSA) is 65.1 Å². The van der Waals surface area contributed by atoms with Crippen LogP contribution < -0.4 is 5.56 Å². The Morgan fingerprint density at radius 2 is 1.70 bits per heavy atom. The van der Waals surface area contributed by atoms with Gasteiger partial charge in [-0.25, -0.2) is 9.37 Å². The van der Waals surface area contributed by atoms with Crippen molar-refractivity contribution in [3.63, 3.8) is 0 Å². The van der Waals surface area contributed by atoms with E-state index in [1.807, 2.05) is 30.3 Å². The average Bonchev–Trinajstić information content (AvgIpc) is 3.16. The molecule has 0 saturated carbocycles. The fourth-order valence-electron chi connectivity index (χ4n) is 3.19. The molecule has 0 atom stereocenters. The van der Waals surface area contributed by atoms with Gasteiger partial charge in [-0.05, 0) is 30.3 Å². The standard InChI is InChI=1S/C20H12FN5O/c21-14-6-8-15(9-7-14)25-11-10-16-17(19(25)27)18(13-4-2-1-3-5-13)26-20(24-16)22-12-23-26/h1-12H. The first-order valence-electron chi connectivity index (χ1n) is 8.29. The van der Waals surface area contributed by atoms with Crippen molar-refractivity contribution in [2.45, 2.75) is 0 Å². The summed E-state index contributed by atoms with van der Waals surface area (Å²) in [6.07, 6.45) is 3.04. The monoisotopic (exact) mass is 357 g/mol. The zero-order valence-corrected chi connectivity index (χ0v) is 14.0. The fourth-order valence-corrected chi connectivity index (χ4v) is 3.19. The summed E-state index contributed by atoms with van der Waals surface area (Å²) in [6, 6.07) is 17.0. The van der Waals surface area contributed by atoms with Gasteiger partial charge < -0.3 is 0 Å². The maximum Gasteiger partial charge on any atom is 0.266 e. The Balaban J connectivity index is 1.92. The molecular formula is C20H12FN5O. The maximum atomic E-state index is 13.3. The van der Waals surface area contributed by atoms with Gasteiger partial charge in [0.1, 0.15) is 12.1 Å². The predicted molar refractivity (Wildman–Crippen MR) is 99.3 cm³/mol. The summed E-state index contributed by atoms with van der Waals surface area (Å²) in [5, 5.41) is 4.67. The number of halogens is 1. The van der Waals surface area contributed by atoms with Gasteiger partial charge in [-0.2, -0.15) is 14.6 Å². The Bertz CT molecular complexity index is 1340. The minimum atomic E-state index is -0.358. The molecule has 0 aliphatic heterocycles. The SMILES string of the molecule is O=c1c2c(-c3ccccc3)n3ncnc3nc2ccn1-c1ccc(F)cc1. The minimum absolute atomic E-state index is 0.261. The van der Waals surface area contributed by atoms with Crippen molar-refractivity contribution in [2.75, 3.05) is 0 Å². The zero-order valence-electron chi connectivity index (χ0n) is 14.0. The lowest BCUT2D eigenvalue weighted by Crippen LogP contribution is -2.20. The minimum Gasteiger partial charge on any atom is -0.284 e. The summed E-state index contributed by atoms with van der Waals surface area (Å²) in [5.74, 6) is 0.0591. The number of hydrogen-bond donors (Lipinski definition) is 0. The van der Waals surface area contributed by atoms with Gasteiger partial charge in [0.2, 0.25) is 0 Å². The van der Waals surface area contributed by atoms with Crippen LogP contribution in [0.3, 0.4) is 0 Å². The molecule has 5 aromatic rings. The number of benzene rings is 2. The van der Waals surface area contributed by atoms with E-state index in [1.54, 1.807) is 28.9 Å². The molecular weight excluding hydrogens is 345 g/mol. The van der Waals surface area contributed by atoms with Crippen LogP contribution in [0.25, 0.3) is 33.6 Å². The van der Waals surface area contributed by atoms with Crippen LogP contribution in [0.5, 0.6) is 0 Å². The van der Waals surface area contributed by atoms with Gasteiger partial charge in [0.05, 0.1) is 16.6 Å². The number of pyridine rings is 1. The Morgan fingerprint density at radius 1 is 0.926 bits per heavy atom. The van der Waals surface area contributed by atoms with E-state index < -0.39 is 0 Å². The summed E-state index contributed by atoms with van der Waals surface area (Å²) >= 11 is 0. The number of fused-ring (bicyclic) bond motifs is 2. The highest BCUT2D eigenvalue weighted by molar-refractivity contribution is 5.93. The van der Waals surface area contributed by atoms with E-state index in [0.29, 0.717) is 28.1 Å². The van der Waals surface area contributed by atoms with Crippen LogP contribution in [0.15, 0.2) is 78.0 Å². The molecule has 0 unspecified atom stereocenters. The van der Waals surface area contributed by atoms with Gasteiger partial charge in [0, 0.05) is 17.4 Å². The van der Waals surface area contributed by atoms with Crippen LogP contribution in [0.1, 0.15) is 0 Å². The average molecular weight is 357 g/mol. The lowest BCUT2D eigenvalue weighted by molar-refractivity contribution is 0.627. The second-order valence-corrected chi connectivity index (χ2v) is 6.03. The van der Waals surface area contributed by atoms with E-state index in [2.05, 4.69) is 15.1 Å². The Kier molecular flexibility index (Phi) is 3.33. The summed E-state index contributed by atoms with van der Waals surface area (Å²) in [4.78, 5) is 22.0. The predicted octanol–water partition coefficient (Wildman–Crippen LogP) is 3.23. The molecule has 6 nitrogen and oxygen atoms in total. The van der Waals surface area contributed by atoms with E-state index in [0.717, 1.165) is 5.56 Å². The normalized spacial score (nSPS) is 11.3. The van der Waals surface area contributed by atoms with Crippen LogP contribution >= 0.6 is 0 Å². The van der Waals surface area contributed by atoms with Crippen molar-refractivity contribution < 1.29 is 4.39 Å². The van der Waals surface area contributed by atoms with Gasteiger partial charge in [0.25, 0.3) is 11.3 Å². The molecule has 0 fully saturated rings. The first kappa shape index (κ1) is 15.4. The molecule has 27 heavy (non-hydrogen) atoms. The Morgan fingerprint density at radius 3 is 2.48 bits per heavy atom. The highest BCUT2D eigenvalue weighted by Gasteiger charge is 2.17. The number of aromatic nitrogens is 5. The third kappa shape index (κ3) is 2.40. The van der Waals surface area contributed by atoms with Crippen molar-refractivity contribution in [3.8, 4) is 16.9 Å². The van der Waals surface area contributed by atoms with Gasteiger partial charge >= 0.3 is 0 Å². The highest BCUT2D eigenvalue weighted by atomic mass is 19.1. The Labute approximate surface area is 152 Å². The van der Waals surface area contributed by atoms with Crippen LogP contribution in [-0.4, -0.2) is 24.1 Å². The molecule has 0 aliphatic carbocycles. The van der Waals surface area contributed by atoms with E-state index in [9.17, 15) is 9.18 Å². The number of hydrogen-bond acceptors (Lipinski definition) is 4. The lowest BCUT2D eigenvalue weighted by atomic mass is 10.1. The van der Waals surface area contributed by atoms with Crippen LogP contribution in [0, 0.1) is 5.82 Å². The van der Waals surface area contributed by atoms with E-state index in [-0.39, 0.29) is 11.4 Å². The Hall–Kier alpha value is -3.87. The molecule has 3 aromatic heterocycles. The third-order valence-electron chi connectivity index (χ3n) is 4.42. The zero-order chi connectivity index (χ0) is 18.4. The molecule has 0 saturated heterocycles.